The van der Waals surface area contributed by atoms with Crippen molar-refractivity contribution in [3.05, 3.63) is 35.9 Å². The summed E-state index contributed by atoms with van der Waals surface area (Å²) in [5.41, 5.74) is 1.39. The summed E-state index contributed by atoms with van der Waals surface area (Å²) in [5.74, 6) is 0. The lowest BCUT2D eigenvalue weighted by atomic mass is 10.0. The van der Waals surface area contributed by atoms with Gasteiger partial charge in [0.25, 0.3) is 0 Å². The SMILES string of the molecule is CCC1CC(NCCCN(C)Cc2ccccc2)CCO1. The molecule has 1 saturated heterocycles. The summed E-state index contributed by atoms with van der Waals surface area (Å²) in [6.45, 7) is 6.42. The molecule has 0 aliphatic carbocycles. The van der Waals surface area contributed by atoms with Crippen LogP contribution in [-0.2, 0) is 11.3 Å². The van der Waals surface area contributed by atoms with Crippen molar-refractivity contribution in [3.8, 4) is 0 Å². The maximum Gasteiger partial charge on any atom is 0.0587 e. The van der Waals surface area contributed by atoms with Crippen LogP contribution in [0, 0.1) is 0 Å². The molecule has 3 heteroatoms. The molecule has 21 heavy (non-hydrogen) atoms. The van der Waals surface area contributed by atoms with Gasteiger partial charge >= 0.3 is 0 Å². The van der Waals surface area contributed by atoms with Gasteiger partial charge in [-0.25, -0.2) is 0 Å². The Morgan fingerprint density at radius 3 is 2.86 bits per heavy atom. The molecule has 2 atom stereocenters. The van der Waals surface area contributed by atoms with Crippen LogP contribution in [0.25, 0.3) is 0 Å². The van der Waals surface area contributed by atoms with E-state index >= 15 is 0 Å². The van der Waals surface area contributed by atoms with Gasteiger partial charge in [0.15, 0.2) is 0 Å². The summed E-state index contributed by atoms with van der Waals surface area (Å²) in [7, 11) is 2.20. The Labute approximate surface area is 129 Å². The molecular weight excluding hydrogens is 260 g/mol. The van der Waals surface area contributed by atoms with E-state index in [-0.39, 0.29) is 0 Å². The number of rotatable bonds is 8. The van der Waals surface area contributed by atoms with E-state index in [1.165, 1.54) is 18.4 Å². The minimum atomic E-state index is 0.469. The van der Waals surface area contributed by atoms with Crippen LogP contribution in [0.2, 0.25) is 0 Å². The van der Waals surface area contributed by atoms with Gasteiger partial charge in [-0.15, -0.1) is 0 Å². The summed E-state index contributed by atoms with van der Waals surface area (Å²) < 4.78 is 5.72. The quantitative estimate of drug-likeness (QED) is 0.745. The van der Waals surface area contributed by atoms with Gasteiger partial charge in [0.05, 0.1) is 6.10 Å². The molecule has 0 bridgehead atoms. The van der Waals surface area contributed by atoms with E-state index in [9.17, 15) is 0 Å². The average molecular weight is 290 g/mol. The Bertz CT molecular complexity index is 382. The van der Waals surface area contributed by atoms with Crippen molar-refractivity contribution in [1.82, 2.24) is 10.2 Å². The normalized spacial score (nSPS) is 22.6. The van der Waals surface area contributed by atoms with E-state index < -0.39 is 0 Å². The first-order valence-corrected chi connectivity index (χ1v) is 8.35. The monoisotopic (exact) mass is 290 g/mol. The fraction of sp³-hybridized carbons (Fsp3) is 0.667. The Kier molecular flexibility index (Phi) is 7.20. The maximum absolute atomic E-state index is 5.72. The number of benzene rings is 1. The Balaban J connectivity index is 1.57. The molecule has 1 N–H and O–H groups in total. The van der Waals surface area contributed by atoms with Gasteiger partial charge in [-0.2, -0.15) is 0 Å². The van der Waals surface area contributed by atoms with Crippen LogP contribution in [-0.4, -0.2) is 43.8 Å². The number of ether oxygens (including phenoxy) is 1. The van der Waals surface area contributed by atoms with Crippen LogP contribution in [0.5, 0.6) is 0 Å². The predicted molar refractivity (Wildman–Crippen MR) is 88.4 cm³/mol. The van der Waals surface area contributed by atoms with Crippen LogP contribution < -0.4 is 5.32 Å². The van der Waals surface area contributed by atoms with Gasteiger partial charge in [-0.05, 0) is 51.4 Å². The molecule has 1 fully saturated rings. The highest BCUT2D eigenvalue weighted by Gasteiger charge is 2.20. The van der Waals surface area contributed by atoms with Gasteiger partial charge in [-0.1, -0.05) is 37.3 Å². The second-order valence-corrected chi connectivity index (χ2v) is 6.15. The molecule has 0 aromatic heterocycles. The largest absolute Gasteiger partial charge is 0.378 e. The van der Waals surface area contributed by atoms with Crippen molar-refractivity contribution in [2.75, 3.05) is 26.7 Å². The number of hydrogen-bond acceptors (Lipinski definition) is 3. The zero-order valence-electron chi connectivity index (χ0n) is 13.6. The molecule has 2 unspecified atom stereocenters. The zero-order valence-corrected chi connectivity index (χ0v) is 13.6. The summed E-state index contributed by atoms with van der Waals surface area (Å²) >= 11 is 0. The van der Waals surface area contributed by atoms with E-state index in [1.54, 1.807) is 0 Å². The fourth-order valence-corrected chi connectivity index (χ4v) is 2.98. The standard InChI is InChI=1S/C18H30N2O/c1-3-18-14-17(10-13-21-18)19-11-7-12-20(2)15-16-8-5-4-6-9-16/h4-6,8-9,17-19H,3,7,10-15H2,1-2H3. The Morgan fingerprint density at radius 2 is 2.10 bits per heavy atom. The highest BCUT2D eigenvalue weighted by Crippen LogP contribution is 2.16. The minimum absolute atomic E-state index is 0.469. The highest BCUT2D eigenvalue weighted by molar-refractivity contribution is 5.14. The van der Waals surface area contributed by atoms with Gasteiger partial charge < -0.3 is 15.0 Å². The van der Waals surface area contributed by atoms with Crippen LogP contribution in [0.15, 0.2) is 30.3 Å². The number of hydrogen-bond donors (Lipinski definition) is 1. The molecule has 0 spiro atoms. The van der Waals surface area contributed by atoms with E-state index in [2.05, 4.69) is 54.5 Å². The molecule has 118 valence electrons. The summed E-state index contributed by atoms with van der Waals surface area (Å²) in [5, 5.41) is 3.70. The molecule has 0 saturated carbocycles. The van der Waals surface area contributed by atoms with E-state index in [1.807, 2.05) is 0 Å². The lowest BCUT2D eigenvalue weighted by Crippen LogP contribution is -2.39. The smallest absolute Gasteiger partial charge is 0.0587 e. The van der Waals surface area contributed by atoms with Crippen molar-refractivity contribution in [3.63, 3.8) is 0 Å². The van der Waals surface area contributed by atoms with E-state index in [0.29, 0.717) is 12.1 Å². The third-order valence-corrected chi connectivity index (χ3v) is 4.27. The molecule has 1 aliphatic heterocycles. The van der Waals surface area contributed by atoms with Gasteiger partial charge in [0, 0.05) is 19.2 Å². The van der Waals surface area contributed by atoms with Gasteiger partial charge in [0.1, 0.15) is 0 Å². The summed E-state index contributed by atoms with van der Waals surface area (Å²) in [4.78, 5) is 2.40. The average Bonchev–Trinajstić information content (AvgIpc) is 2.53. The van der Waals surface area contributed by atoms with E-state index in [0.717, 1.165) is 39.1 Å². The van der Waals surface area contributed by atoms with Crippen LogP contribution in [0.4, 0.5) is 0 Å². The first kappa shape index (κ1) is 16.5. The fourth-order valence-electron chi connectivity index (χ4n) is 2.98. The summed E-state index contributed by atoms with van der Waals surface area (Å²) in [6.07, 6.45) is 5.15. The predicted octanol–water partition coefficient (Wildman–Crippen LogP) is 3.06. The number of nitrogens with zero attached hydrogens (tertiary/aromatic N) is 1. The molecule has 2 rings (SSSR count). The number of nitrogens with one attached hydrogen (secondary N) is 1. The topological polar surface area (TPSA) is 24.5 Å². The first-order valence-electron chi connectivity index (χ1n) is 8.35. The van der Waals surface area contributed by atoms with Crippen LogP contribution >= 0.6 is 0 Å². The molecule has 1 aliphatic rings. The van der Waals surface area contributed by atoms with Crippen LogP contribution in [0.1, 0.15) is 38.2 Å². The second-order valence-electron chi connectivity index (χ2n) is 6.15. The van der Waals surface area contributed by atoms with Crippen LogP contribution in [0.3, 0.4) is 0 Å². The van der Waals surface area contributed by atoms with Crippen molar-refractivity contribution in [2.45, 2.75) is 51.3 Å². The van der Waals surface area contributed by atoms with Crippen molar-refractivity contribution in [1.29, 1.82) is 0 Å². The molecule has 0 radical (unpaired) electrons. The summed E-state index contributed by atoms with van der Waals surface area (Å²) in [6, 6.07) is 11.3. The zero-order chi connectivity index (χ0) is 14.9. The van der Waals surface area contributed by atoms with Gasteiger partial charge in [-0.3, -0.25) is 0 Å². The first-order chi connectivity index (χ1) is 10.3. The Hall–Kier alpha value is -0.900. The third-order valence-electron chi connectivity index (χ3n) is 4.27. The maximum atomic E-state index is 5.72. The van der Waals surface area contributed by atoms with Crippen molar-refractivity contribution >= 4 is 0 Å². The van der Waals surface area contributed by atoms with Gasteiger partial charge in [0.2, 0.25) is 0 Å². The lowest BCUT2D eigenvalue weighted by Gasteiger charge is -2.29. The molecule has 1 aromatic carbocycles. The third kappa shape index (κ3) is 6.16. The Morgan fingerprint density at radius 1 is 1.29 bits per heavy atom. The van der Waals surface area contributed by atoms with Crippen molar-refractivity contribution < 1.29 is 4.74 Å². The van der Waals surface area contributed by atoms with E-state index in [4.69, 9.17) is 4.74 Å². The molecule has 0 amide bonds. The second kappa shape index (κ2) is 9.19. The van der Waals surface area contributed by atoms with Crippen molar-refractivity contribution in [2.24, 2.45) is 0 Å². The molecule has 1 heterocycles. The minimum Gasteiger partial charge on any atom is -0.378 e. The lowest BCUT2D eigenvalue weighted by molar-refractivity contribution is -0.0000588. The molecule has 3 nitrogen and oxygen atoms in total. The molecule has 1 aromatic rings. The highest BCUT2D eigenvalue weighted by atomic mass is 16.5. The molecular formula is C18H30N2O.